The summed E-state index contributed by atoms with van der Waals surface area (Å²) in [5, 5.41) is 0. The van der Waals surface area contributed by atoms with E-state index in [9.17, 15) is 4.79 Å². The molecular weight excluding hydrogens is 388 g/mol. The Morgan fingerprint density at radius 2 is 1.55 bits per heavy atom. The van der Waals surface area contributed by atoms with Crippen molar-refractivity contribution in [3.63, 3.8) is 0 Å². The molecule has 166 valence electrons. The van der Waals surface area contributed by atoms with Gasteiger partial charge in [0.2, 0.25) is 0 Å². The molecule has 0 amide bonds. The highest BCUT2D eigenvalue weighted by molar-refractivity contribution is 6.07. The number of carbonyl (C=O) groups excluding carboxylic acids is 1. The van der Waals surface area contributed by atoms with Crippen LogP contribution < -0.4 is 14.2 Å². The van der Waals surface area contributed by atoms with Crippen LogP contribution in [0.4, 0.5) is 0 Å². The van der Waals surface area contributed by atoms with E-state index in [1.807, 2.05) is 65.8 Å². The van der Waals surface area contributed by atoms with Crippen LogP contribution in [0.1, 0.15) is 63.0 Å². The third-order valence-corrected chi connectivity index (χ3v) is 4.19. The van der Waals surface area contributed by atoms with Crippen LogP contribution in [0.5, 0.6) is 17.2 Å². The number of ether oxygens (including phenoxy) is 3. The molecule has 0 N–H and O–H groups in total. The fourth-order valence-corrected chi connectivity index (χ4v) is 3.00. The van der Waals surface area contributed by atoms with Crippen LogP contribution in [0.3, 0.4) is 0 Å². The number of allylic oxidation sites excluding steroid dienone is 2. The molecule has 0 heterocycles. The Bertz CT molecular complexity index is 939. The van der Waals surface area contributed by atoms with Gasteiger partial charge in [-0.05, 0) is 89.9 Å². The highest BCUT2D eigenvalue weighted by Gasteiger charge is 2.20. The third kappa shape index (κ3) is 7.63. The minimum absolute atomic E-state index is 0.0901. The van der Waals surface area contributed by atoms with E-state index in [4.69, 9.17) is 14.2 Å². The Hall–Kier alpha value is -3.01. The van der Waals surface area contributed by atoms with E-state index in [1.54, 1.807) is 37.5 Å². The van der Waals surface area contributed by atoms with Gasteiger partial charge in [0, 0.05) is 17.2 Å². The van der Waals surface area contributed by atoms with Gasteiger partial charge in [0.05, 0.1) is 7.11 Å². The summed E-state index contributed by atoms with van der Waals surface area (Å²) >= 11 is 0. The first-order chi connectivity index (χ1) is 14.4. The van der Waals surface area contributed by atoms with Crippen LogP contribution in [0.2, 0.25) is 0 Å². The Kier molecular flexibility index (Phi) is 7.72. The Labute approximate surface area is 186 Å². The van der Waals surface area contributed by atoms with Crippen LogP contribution in [0.15, 0.2) is 55.1 Å². The van der Waals surface area contributed by atoms with Crippen molar-refractivity contribution in [3.05, 3.63) is 71.8 Å². The van der Waals surface area contributed by atoms with E-state index < -0.39 is 0 Å². The predicted molar refractivity (Wildman–Crippen MR) is 127 cm³/mol. The van der Waals surface area contributed by atoms with E-state index in [-0.39, 0.29) is 17.0 Å². The lowest BCUT2D eigenvalue weighted by atomic mass is 10.00. The highest BCUT2D eigenvalue weighted by Crippen LogP contribution is 2.34. The minimum Gasteiger partial charge on any atom is -0.497 e. The van der Waals surface area contributed by atoms with Gasteiger partial charge in [-0.25, -0.2) is 0 Å². The van der Waals surface area contributed by atoms with Crippen molar-refractivity contribution >= 4 is 11.9 Å². The predicted octanol–water partition coefficient (Wildman–Crippen LogP) is 6.67. The molecule has 0 saturated carbocycles. The maximum Gasteiger partial charge on any atom is 0.185 e. The van der Waals surface area contributed by atoms with Crippen molar-refractivity contribution < 1.29 is 19.0 Å². The molecule has 0 bridgehead atoms. The summed E-state index contributed by atoms with van der Waals surface area (Å²) < 4.78 is 17.5. The first kappa shape index (κ1) is 24.3. The molecule has 31 heavy (non-hydrogen) atoms. The molecule has 0 aliphatic heterocycles. The largest absolute Gasteiger partial charge is 0.497 e. The van der Waals surface area contributed by atoms with Gasteiger partial charge in [-0.3, -0.25) is 4.79 Å². The quantitative estimate of drug-likeness (QED) is 0.271. The molecule has 0 aromatic heterocycles. The topological polar surface area (TPSA) is 44.8 Å². The molecule has 0 saturated heterocycles. The lowest BCUT2D eigenvalue weighted by Crippen LogP contribution is -2.25. The average Bonchev–Trinajstić information content (AvgIpc) is 2.66. The summed E-state index contributed by atoms with van der Waals surface area (Å²) in [4.78, 5) is 12.7. The fourth-order valence-electron chi connectivity index (χ4n) is 3.00. The van der Waals surface area contributed by atoms with Crippen LogP contribution in [-0.4, -0.2) is 24.1 Å². The zero-order chi connectivity index (χ0) is 23.2. The molecule has 4 heteroatoms. The van der Waals surface area contributed by atoms with Gasteiger partial charge < -0.3 is 14.2 Å². The van der Waals surface area contributed by atoms with Gasteiger partial charge >= 0.3 is 0 Å². The molecule has 0 radical (unpaired) electrons. The number of benzene rings is 2. The standard InChI is InChI=1S/C27H34O4/c1-9-10-23-20(13-16-24(28)19-11-14-21(29-8)15-12-19)17-22(30-26(2,3)4)18-25(23)31-27(5,6)7/h9,11-18H,1,10H2,2-8H3. The Morgan fingerprint density at radius 1 is 0.935 bits per heavy atom. The van der Waals surface area contributed by atoms with E-state index in [1.165, 1.54) is 0 Å². The van der Waals surface area contributed by atoms with Crippen LogP contribution in [0.25, 0.3) is 6.08 Å². The second-order valence-corrected chi connectivity index (χ2v) is 9.34. The number of ketones is 1. The van der Waals surface area contributed by atoms with Gasteiger partial charge in [0.1, 0.15) is 28.5 Å². The Balaban J connectivity index is 2.49. The van der Waals surface area contributed by atoms with Gasteiger partial charge in [0.15, 0.2) is 5.78 Å². The van der Waals surface area contributed by atoms with E-state index in [0.29, 0.717) is 23.5 Å². The molecule has 0 spiro atoms. The SMILES string of the molecule is C=CCc1c(C=CC(=O)c2ccc(OC)cc2)cc(OC(C)(C)C)cc1OC(C)(C)C. The van der Waals surface area contributed by atoms with Crippen molar-refractivity contribution in [1.29, 1.82) is 0 Å². The molecule has 0 fully saturated rings. The Morgan fingerprint density at radius 3 is 2.06 bits per heavy atom. The van der Waals surface area contributed by atoms with E-state index in [0.717, 1.165) is 16.9 Å². The zero-order valence-corrected chi connectivity index (χ0v) is 19.7. The molecule has 2 aromatic carbocycles. The molecule has 0 aliphatic rings. The molecule has 0 aliphatic carbocycles. The summed E-state index contributed by atoms with van der Waals surface area (Å²) in [6, 6.07) is 10.9. The van der Waals surface area contributed by atoms with Crippen molar-refractivity contribution in [2.75, 3.05) is 7.11 Å². The summed E-state index contributed by atoms with van der Waals surface area (Å²) in [7, 11) is 1.60. The lowest BCUT2D eigenvalue weighted by molar-refractivity contribution is 0.104. The van der Waals surface area contributed by atoms with Gasteiger partial charge in [-0.2, -0.15) is 0 Å². The molecule has 0 unspecified atom stereocenters. The average molecular weight is 423 g/mol. The molecule has 2 rings (SSSR count). The number of rotatable bonds is 8. The highest BCUT2D eigenvalue weighted by atomic mass is 16.5. The maximum atomic E-state index is 12.7. The zero-order valence-electron chi connectivity index (χ0n) is 19.7. The smallest absolute Gasteiger partial charge is 0.185 e. The maximum absolute atomic E-state index is 12.7. The number of hydrogen-bond donors (Lipinski definition) is 0. The normalized spacial score (nSPS) is 12.0. The fraction of sp³-hybridized carbons (Fsp3) is 0.370. The summed E-state index contributed by atoms with van der Waals surface area (Å²) in [5.41, 5.74) is 1.68. The second-order valence-electron chi connectivity index (χ2n) is 9.34. The first-order valence-corrected chi connectivity index (χ1v) is 10.4. The number of carbonyl (C=O) groups is 1. The van der Waals surface area contributed by atoms with Crippen molar-refractivity contribution in [2.45, 2.75) is 59.2 Å². The lowest BCUT2D eigenvalue weighted by Gasteiger charge is -2.27. The third-order valence-electron chi connectivity index (χ3n) is 4.19. The van der Waals surface area contributed by atoms with Crippen LogP contribution >= 0.6 is 0 Å². The molecular formula is C27H34O4. The van der Waals surface area contributed by atoms with Crippen molar-refractivity contribution in [3.8, 4) is 17.2 Å². The second kappa shape index (κ2) is 9.86. The summed E-state index contributed by atoms with van der Waals surface area (Å²) in [5.74, 6) is 2.04. The van der Waals surface area contributed by atoms with E-state index in [2.05, 4.69) is 6.58 Å². The van der Waals surface area contributed by atoms with Crippen molar-refractivity contribution in [1.82, 2.24) is 0 Å². The van der Waals surface area contributed by atoms with Gasteiger partial charge in [-0.15, -0.1) is 6.58 Å². The summed E-state index contributed by atoms with van der Waals surface area (Å²) in [6.45, 7) is 15.9. The molecule has 2 aromatic rings. The monoisotopic (exact) mass is 422 g/mol. The summed E-state index contributed by atoms with van der Waals surface area (Å²) in [6.07, 6.45) is 5.83. The van der Waals surface area contributed by atoms with Gasteiger partial charge in [0.25, 0.3) is 0 Å². The molecule has 0 atom stereocenters. The van der Waals surface area contributed by atoms with Crippen LogP contribution in [0, 0.1) is 0 Å². The molecule has 4 nitrogen and oxygen atoms in total. The minimum atomic E-state index is -0.379. The van der Waals surface area contributed by atoms with E-state index >= 15 is 0 Å². The number of methoxy groups -OCH3 is 1. The van der Waals surface area contributed by atoms with Gasteiger partial charge in [-0.1, -0.05) is 12.2 Å². The number of hydrogen-bond acceptors (Lipinski definition) is 4. The van der Waals surface area contributed by atoms with Crippen LogP contribution in [-0.2, 0) is 6.42 Å². The first-order valence-electron chi connectivity index (χ1n) is 10.4. The van der Waals surface area contributed by atoms with Crippen molar-refractivity contribution in [2.24, 2.45) is 0 Å².